The van der Waals surface area contributed by atoms with Gasteiger partial charge < -0.3 is 15.1 Å². The Labute approximate surface area is 111 Å². The number of nitrogens with one attached hydrogen (secondary N) is 1. The summed E-state index contributed by atoms with van der Waals surface area (Å²) >= 11 is 0. The Balaban J connectivity index is 2.15. The highest BCUT2D eigenvalue weighted by Gasteiger charge is 2.27. The molecule has 0 aliphatic carbocycles. The number of likely N-dealkylation sites (tertiary alicyclic amines) is 1. The lowest BCUT2D eigenvalue weighted by molar-refractivity contribution is -0.135. The van der Waals surface area contributed by atoms with Crippen molar-refractivity contribution >= 4 is 6.03 Å². The van der Waals surface area contributed by atoms with Gasteiger partial charge in [-0.05, 0) is 25.8 Å². The third kappa shape index (κ3) is 6.13. The molecule has 7 heteroatoms. The molecular formula is C12H22F3N3O. The number of amides is 2. The molecule has 1 fully saturated rings. The van der Waals surface area contributed by atoms with Crippen LogP contribution in [0, 0.1) is 0 Å². The van der Waals surface area contributed by atoms with E-state index in [0.29, 0.717) is 19.6 Å². The molecule has 1 heterocycles. The fourth-order valence-electron chi connectivity index (χ4n) is 2.15. The van der Waals surface area contributed by atoms with Crippen LogP contribution in [0.5, 0.6) is 0 Å². The Kier molecular flexibility index (Phi) is 5.90. The number of hydrogen-bond acceptors (Lipinski definition) is 2. The highest BCUT2D eigenvalue weighted by atomic mass is 19.4. The first-order valence-corrected chi connectivity index (χ1v) is 6.56. The van der Waals surface area contributed by atoms with Crippen LogP contribution in [0.15, 0.2) is 0 Å². The quantitative estimate of drug-likeness (QED) is 0.801. The number of carbonyl (C=O) groups excluding carboxylic acids is 1. The van der Waals surface area contributed by atoms with Gasteiger partial charge in [-0.3, -0.25) is 0 Å². The first-order valence-electron chi connectivity index (χ1n) is 6.56. The van der Waals surface area contributed by atoms with Gasteiger partial charge in [0.2, 0.25) is 0 Å². The molecule has 2 amide bonds. The van der Waals surface area contributed by atoms with Crippen molar-refractivity contribution in [2.24, 2.45) is 0 Å². The van der Waals surface area contributed by atoms with Gasteiger partial charge >= 0.3 is 12.2 Å². The van der Waals surface area contributed by atoms with E-state index < -0.39 is 12.6 Å². The highest BCUT2D eigenvalue weighted by Crippen LogP contribution is 2.21. The Bertz CT molecular complexity index is 286. The summed E-state index contributed by atoms with van der Waals surface area (Å²) in [5, 5.41) is 3.13. The number of rotatable bonds is 4. The molecule has 1 rings (SSSR count). The average Bonchev–Trinajstić information content (AvgIpc) is 2.33. The van der Waals surface area contributed by atoms with Gasteiger partial charge in [-0.15, -0.1) is 0 Å². The van der Waals surface area contributed by atoms with E-state index in [0.717, 1.165) is 12.8 Å². The van der Waals surface area contributed by atoms with Crippen molar-refractivity contribution in [2.75, 3.05) is 33.7 Å². The molecule has 1 saturated heterocycles. The summed E-state index contributed by atoms with van der Waals surface area (Å²) in [5.41, 5.74) is 0. The lowest BCUT2D eigenvalue weighted by Crippen LogP contribution is -2.48. The number of urea groups is 1. The van der Waals surface area contributed by atoms with Crippen LogP contribution < -0.4 is 5.32 Å². The molecule has 1 N–H and O–H groups in total. The van der Waals surface area contributed by atoms with E-state index >= 15 is 0 Å². The zero-order valence-electron chi connectivity index (χ0n) is 11.5. The molecule has 112 valence electrons. The molecule has 0 radical (unpaired) electrons. The molecule has 0 aromatic carbocycles. The number of nitrogens with zero attached hydrogens (tertiary/aromatic N) is 2. The van der Waals surface area contributed by atoms with Crippen molar-refractivity contribution in [1.82, 2.24) is 15.1 Å². The summed E-state index contributed by atoms with van der Waals surface area (Å²) in [6.07, 6.45) is -3.10. The Morgan fingerprint density at radius 2 is 1.89 bits per heavy atom. The van der Waals surface area contributed by atoms with E-state index in [9.17, 15) is 18.0 Å². The lowest BCUT2D eigenvalue weighted by atomic mass is 10.1. The minimum Gasteiger partial charge on any atom is -0.331 e. The molecule has 1 aliphatic heterocycles. The van der Waals surface area contributed by atoms with E-state index in [2.05, 4.69) is 5.32 Å². The van der Waals surface area contributed by atoms with Gasteiger partial charge in [-0.25, -0.2) is 4.79 Å². The molecule has 0 unspecified atom stereocenters. The van der Waals surface area contributed by atoms with E-state index in [4.69, 9.17) is 0 Å². The first-order chi connectivity index (χ1) is 8.79. The Hall–Kier alpha value is -0.980. The van der Waals surface area contributed by atoms with Crippen LogP contribution in [0.1, 0.15) is 25.7 Å². The SMILES string of the molecule is CN(C)C(=O)N1CCC(NCCCC(F)(F)F)CC1. The number of piperidine rings is 1. The predicted octanol–water partition coefficient (Wildman–Crippen LogP) is 2.06. The molecule has 0 saturated carbocycles. The topological polar surface area (TPSA) is 35.6 Å². The molecule has 0 aromatic rings. The van der Waals surface area contributed by atoms with Crippen molar-refractivity contribution in [1.29, 1.82) is 0 Å². The Morgan fingerprint density at radius 3 is 2.37 bits per heavy atom. The zero-order chi connectivity index (χ0) is 14.5. The molecule has 0 atom stereocenters. The summed E-state index contributed by atoms with van der Waals surface area (Å²) in [6, 6.07) is 0.218. The van der Waals surface area contributed by atoms with Gasteiger partial charge in [0.15, 0.2) is 0 Å². The molecule has 0 aromatic heterocycles. The third-order valence-corrected chi connectivity index (χ3v) is 3.22. The molecule has 0 bridgehead atoms. The van der Waals surface area contributed by atoms with E-state index in [-0.39, 0.29) is 18.5 Å². The lowest BCUT2D eigenvalue weighted by Gasteiger charge is -2.34. The summed E-state index contributed by atoms with van der Waals surface area (Å²) in [7, 11) is 3.42. The second kappa shape index (κ2) is 6.98. The van der Waals surface area contributed by atoms with Crippen molar-refractivity contribution in [3.05, 3.63) is 0 Å². The van der Waals surface area contributed by atoms with Gasteiger partial charge in [-0.1, -0.05) is 0 Å². The van der Waals surface area contributed by atoms with E-state index in [1.54, 1.807) is 19.0 Å². The summed E-state index contributed by atoms with van der Waals surface area (Å²) < 4.78 is 35.9. The highest BCUT2D eigenvalue weighted by molar-refractivity contribution is 5.73. The fourth-order valence-corrected chi connectivity index (χ4v) is 2.15. The maximum Gasteiger partial charge on any atom is 0.389 e. The molecular weight excluding hydrogens is 259 g/mol. The maximum absolute atomic E-state index is 12.0. The smallest absolute Gasteiger partial charge is 0.331 e. The normalized spacial score (nSPS) is 17.6. The molecule has 1 aliphatic rings. The van der Waals surface area contributed by atoms with Crippen LogP contribution >= 0.6 is 0 Å². The summed E-state index contributed by atoms with van der Waals surface area (Å²) in [4.78, 5) is 15.0. The Morgan fingerprint density at radius 1 is 1.32 bits per heavy atom. The van der Waals surface area contributed by atoms with Gasteiger partial charge in [0.1, 0.15) is 0 Å². The summed E-state index contributed by atoms with van der Waals surface area (Å²) in [5.74, 6) is 0. The van der Waals surface area contributed by atoms with Crippen LogP contribution in [0.4, 0.5) is 18.0 Å². The number of halogens is 3. The van der Waals surface area contributed by atoms with Crippen LogP contribution in [-0.2, 0) is 0 Å². The van der Waals surface area contributed by atoms with Crippen LogP contribution in [-0.4, -0.2) is 61.8 Å². The van der Waals surface area contributed by atoms with E-state index in [1.165, 1.54) is 4.90 Å². The number of alkyl halides is 3. The standard InChI is InChI=1S/C12H22F3N3O/c1-17(2)11(19)18-8-4-10(5-9-18)16-7-3-6-12(13,14)15/h10,16H,3-9H2,1-2H3. The molecule has 4 nitrogen and oxygen atoms in total. The monoisotopic (exact) mass is 281 g/mol. The second-order valence-electron chi connectivity index (χ2n) is 5.11. The third-order valence-electron chi connectivity index (χ3n) is 3.22. The molecule has 0 spiro atoms. The van der Waals surface area contributed by atoms with Gasteiger partial charge in [0.25, 0.3) is 0 Å². The minimum atomic E-state index is -4.07. The minimum absolute atomic E-state index is 0.00415. The maximum atomic E-state index is 12.0. The van der Waals surface area contributed by atoms with Crippen molar-refractivity contribution in [3.8, 4) is 0 Å². The largest absolute Gasteiger partial charge is 0.389 e. The second-order valence-corrected chi connectivity index (χ2v) is 5.11. The first kappa shape index (κ1) is 16.1. The van der Waals surface area contributed by atoms with Crippen molar-refractivity contribution in [3.63, 3.8) is 0 Å². The van der Waals surface area contributed by atoms with Crippen molar-refractivity contribution < 1.29 is 18.0 Å². The average molecular weight is 281 g/mol. The van der Waals surface area contributed by atoms with Crippen molar-refractivity contribution in [2.45, 2.75) is 37.9 Å². The van der Waals surface area contributed by atoms with Crippen LogP contribution in [0.2, 0.25) is 0 Å². The summed E-state index contributed by atoms with van der Waals surface area (Å²) in [6.45, 7) is 1.70. The van der Waals surface area contributed by atoms with E-state index in [1.807, 2.05) is 0 Å². The van der Waals surface area contributed by atoms with Gasteiger partial charge in [-0.2, -0.15) is 13.2 Å². The van der Waals surface area contributed by atoms with Crippen LogP contribution in [0.25, 0.3) is 0 Å². The predicted molar refractivity (Wildman–Crippen MR) is 67.0 cm³/mol. The van der Waals surface area contributed by atoms with Crippen LogP contribution in [0.3, 0.4) is 0 Å². The zero-order valence-corrected chi connectivity index (χ0v) is 11.5. The van der Waals surface area contributed by atoms with Gasteiger partial charge in [0, 0.05) is 39.6 Å². The number of hydrogen-bond donors (Lipinski definition) is 1. The van der Waals surface area contributed by atoms with Gasteiger partial charge in [0.05, 0.1) is 0 Å². The molecule has 19 heavy (non-hydrogen) atoms. The fraction of sp³-hybridized carbons (Fsp3) is 0.917. The number of carbonyl (C=O) groups is 1.